The lowest BCUT2D eigenvalue weighted by molar-refractivity contribution is -0.223. The van der Waals surface area contributed by atoms with E-state index in [0.717, 1.165) is 42.3 Å². The van der Waals surface area contributed by atoms with Gasteiger partial charge in [-0.3, -0.25) is 4.79 Å². The van der Waals surface area contributed by atoms with Gasteiger partial charge in [0, 0.05) is 11.3 Å². The number of hydrogen-bond acceptors (Lipinski definition) is 5. The number of carbonyl (C=O) groups excluding carboxylic acids is 1. The van der Waals surface area contributed by atoms with Crippen molar-refractivity contribution >= 4 is 33.2 Å². The number of nitrogens with one attached hydrogen (secondary N) is 1. The molecule has 0 spiro atoms. The zero-order chi connectivity index (χ0) is 27.6. The molecular weight excluding hydrogens is 562 g/mol. The summed E-state index contributed by atoms with van der Waals surface area (Å²) in [6.07, 6.45) is 5.39. The van der Waals surface area contributed by atoms with Crippen LogP contribution in [0.2, 0.25) is 0 Å². The Labute approximate surface area is 241 Å². The standard InChI is InChI=1S/C31H48BrNO4S/c1-16(2)27(23-8-9-24(32)38-23)33-25(35)14-17(3)19-6-7-20-26-21(11-13-30(19,20)4)31(5)12-10-18(34)15-22(31)28(36)29(26)37/h8-9,16-22,26-29,34,36-37H,6-7,10-15H2,1-5H3,(H,33,35)/t17-,18-,19?,20+,21+,22?,26?,27+,28-,29+,30?,31?/m1/s1. The molecule has 38 heavy (non-hydrogen) atoms. The summed E-state index contributed by atoms with van der Waals surface area (Å²) >= 11 is 5.24. The van der Waals surface area contributed by atoms with E-state index >= 15 is 0 Å². The van der Waals surface area contributed by atoms with Gasteiger partial charge in [-0.1, -0.05) is 34.6 Å². The summed E-state index contributed by atoms with van der Waals surface area (Å²) in [4.78, 5) is 14.5. The van der Waals surface area contributed by atoms with E-state index in [1.807, 2.05) is 0 Å². The second-order valence-electron chi connectivity index (χ2n) is 14.2. The fourth-order valence-electron chi connectivity index (χ4n) is 9.94. The number of thiophene rings is 1. The molecule has 5 nitrogen and oxygen atoms in total. The quantitative estimate of drug-likeness (QED) is 0.304. The van der Waals surface area contributed by atoms with Gasteiger partial charge in [0.1, 0.15) is 0 Å². The van der Waals surface area contributed by atoms with Crippen LogP contribution in [0.4, 0.5) is 0 Å². The first-order valence-electron chi connectivity index (χ1n) is 15.0. The normalized spacial score (nSPS) is 44.2. The number of rotatable bonds is 6. The van der Waals surface area contributed by atoms with E-state index < -0.39 is 12.2 Å². The Morgan fingerprint density at radius 1 is 1.00 bits per heavy atom. The van der Waals surface area contributed by atoms with E-state index in [0.29, 0.717) is 36.5 Å². The van der Waals surface area contributed by atoms with Gasteiger partial charge in [0.2, 0.25) is 5.91 Å². The molecule has 4 fully saturated rings. The lowest BCUT2D eigenvalue weighted by atomic mass is 9.43. The summed E-state index contributed by atoms with van der Waals surface area (Å²) in [6, 6.07) is 4.18. The fraction of sp³-hybridized carbons (Fsp3) is 0.839. The molecule has 5 unspecified atom stereocenters. The number of carbonyl (C=O) groups is 1. The predicted molar refractivity (Wildman–Crippen MR) is 156 cm³/mol. The third-order valence-electron chi connectivity index (χ3n) is 11.9. The molecule has 4 N–H and O–H groups in total. The molecule has 0 saturated heterocycles. The van der Waals surface area contributed by atoms with E-state index in [1.54, 1.807) is 11.3 Å². The van der Waals surface area contributed by atoms with Crippen LogP contribution in [0.1, 0.15) is 96.9 Å². The molecule has 1 aromatic heterocycles. The average Bonchev–Trinajstić information content (AvgIpc) is 3.44. The minimum absolute atomic E-state index is 0.0178. The largest absolute Gasteiger partial charge is 0.393 e. The highest BCUT2D eigenvalue weighted by atomic mass is 79.9. The van der Waals surface area contributed by atoms with Crippen LogP contribution in [0.25, 0.3) is 0 Å². The van der Waals surface area contributed by atoms with Crippen LogP contribution in [0.5, 0.6) is 0 Å². The van der Waals surface area contributed by atoms with Gasteiger partial charge in [-0.25, -0.2) is 0 Å². The molecule has 5 rings (SSSR count). The summed E-state index contributed by atoms with van der Waals surface area (Å²) < 4.78 is 1.08. The maximum Gasteiger partial charge on any atom is 0.220 e. The molecule has 0 aromatic carbocycles. The third-order valence-corrected chi connectivity index (χ3v) is 13.6. The van der Waals surface area contributed by atoms with Gasteiger partial charge in [-0.15, -0.1) is 11.3 Å². The Balaban J connectivity index is 1.30. The summed E-state index contributed by atoms with van der Waals surface area (Å²) in [5, 5.41) is 36.5. The average molecular weight is 611 g/mol. The predicted octanol–water partition coefficient (Wildman–Crippen LogP) is 6.31. The summed E-state index contributed by atoms with van der Waals surface area (Å²) in [6.45, 7) is 11.3. The van der Waals surface area contributed by atoms with Crippen LogP contribution in [0, 0.1) is 52.3 Å². The summed E-state index contributed by atoms with van der Waals surface area (Å²) in [7, 11) is 0. The molecule has 214 valence electrons. The summed E-state index contributed by atoms with van der Waals surface area (Å²) in [5.74, 6) is 2.00. The molecule has 4 aliphatic carbocycles. The number of hydrogen-bond donors (Lipinski definition) is 4. The van der Waals surface area contributed by atoms with Crippen molar-refractivity contribution in [3.05, 3.63) is 20.8 Å². The van der Waals surface area contributed by atoms with Gasteiger partial charge < -0.3 is 20.6 Å². The monoisotopic (exact) mass is 609 g/mol. The molecule has 0 radical (unpaired) electrons. The lowest BCUT2D eigenvalue weighted by Gasteiger charge is -2.63. The first-order chi connectivity index (χ1) is 17.9. The van der Waals surface area contributed by atoms with Gasteiger partial charge in [0.15, 0.2) is 0 Å². The van der Waals surface area contributed by atoms with Crippen LogP contribution in [0.3, 0.4) is 0 Å². The summed E-state index contributed by atoms with van der Waals surface area (Å²) in [5.41, 5.74) is 0.0606. The van der Waals surface area contributed by atoms with E-state index in [2.05, 4.69) is 68.0 Å². The fourth-order valence-corrected chi connectivity index (χ4v) is 11.6. The molecule has 1 amide bonds. The topological polar surface area (TPSA) is 89.8 Å². The van der Waals surface area contributed by atoms with E-state index in [1.165, 1.54) is 4.88 Å². The van der Waals surface area contributed by atoms with Gasteiger partial charge in [0.25, 0.3) is 0 Å². The highest BCUT2D eigenvalue weighted by Gasteiger charge is 2.65. The van der Waals surface area contributed by atoms with Crippen molar-refractivity contribution < 1.29 is 20.1 Å². The second-order valence-corrected chi connectivity index (χ2v) is 16.6. The van der Waals surface area contributed by atoms with Crippen molar-refractivity contribution in [2.75, 3.05) is 0 Å². The minimum Gasteiger partial charge on any atom is -0.393 e. The van der Waals surface area contributed by atoms with Crippen LogP contribution in [0.15, 0.2) is 15.9 Å². The van der Waals surface area contributed by atoms with Crippen molar-refractivity contribution in [2.45, 2.75) is 110 Å². The number of fused-ring (bicyclic) bond motifs is 5. The Morgan fingerprint density at radius 2 is 1.68 bits per heavy atom. The maximum atomic E-state index is 13.3. The molecule has 7 heteroatoms. The van der Waals surface area contributed by atoms with Crippen molar-refractivity contribution in [1.82, 2.24) is 5.32 Å². The van der Waals surface area contributed by atoms with E-state index in [4.69, 9.17) is 0 Å². The number of halogens is 1. The molecule has 1 aromatic rings. The van der Waals surface area contributed by atoms with Gasteiger partial charge in [-0.2, -0.15) is 0 Å². The van der Waals surface area contributed by atoms with Crippen LogP contribution >= 0.6 is 27.3 Å². The lowest BCUT2D eigenvalue weighted by Crippen LogP contribution is -2.64. The highest BCUT2D eigenvalue weighted by molar-refractivity contribution is 9.11. The SMILES string of the molecule is CC(C)[C@H](NC(=O)C[C@@H](C)C1CC[C@H]2C3[C@H](O)[C@H](O)C4C[C@H](O)CCC4(C)[C@H]3CCC12C)c1ccc(Br)s1. The molecule has 12 atom stereocenters. The molecule has 4 aliphatic rings. The van der Waals surface area contributed by atoms with Crippen molar-refractivity contribution in [3.8, 4) is 0 Å². The first-order valence-corrected chi connectivity index (χ1v) is 16.6. The first kappa shape index (κ1) is 29.0. The second kappa shape index (κ2) is 10.7. The molecule has 0 bridgehead atoms. The number of aliphatic hydroxyl groups excluding tert-OH is 3. The Kier molecular flexibility index (Phi) is 8.21. The Morgan fingerprint density at radius 3 is 2.34 bits per heavy atom. The third kappa shape index (κ3) is 4.84. The van der Waals surface area contributed by atoms with Crippen molar-refractivity contribution in [1.29, 1.82) is 0 Å². The van der Waals surface area contributed by atoms with Crippen LogP contribution in [-0.4, -0.2) is 39.5 Å². The molecule has 1 heterocycles. The molecule has 4 saturated carbocycles. The van der Waals surface area contributed by atoms with E-state index in [-0.39, 0.29) is 46.6 Å². The zero-order valence-electron chi connectivity index (χ0n) is 23.7. The molecule has 0 aliphatic heterocycles. The number of amides is 1. The van der Waals surface area contributed by atoms with Crippen LogP contribution < -0.4 is 5.32 Å². The van der Waals surface area contributed by atoms with Gasteiger partial charge in [-0.05, 0) is 125 Å². The van der Waals surface area contributed by atoms with Crippen LogP contribution in [-0.2, 0) is 4.79 Å². The Bertz CT molecular complexity index is 1020. The van der Waals surface area contributed by atoms with Crippen molar-refractivity contribution in [2.24, 2.45) is 52.3 Å². The zero-order valence-corrected chi connectivity index (χ0v) is 26.1. The maximum absolute atomic E-state index is 13.3. The smallest absolute Gasteiger partial charge is 0.220 e. The van der Waals surface area contributed by atoms with Crippen molar-refractivity contribution in [3.63, 3.8) is 0 Å². The minimum atomic E-state index is -0.758. The van der Waals surface area contributed by atoms with Gasteiger partial charge >= 0.3 is 0 Å². The highest BCUT2D eigenvalue weighted by Crippen LogP contribution is 2.68. The number of aliphatic hydroxyl groups is 3. The van der Waals surface area contributed by atoms with Gasteiger partial charge in [0.05, 0.1) is 28.1 Å². The molecular formula is C31H48BrNO4S. The Hall–Kier alpha value is -0.470. The van der Waals surface area contributed by atoms with E-state index in [9.17, 15) is 20.1 Å².